The van der Waals surface area contributed by atoms with Gasteiger partial charge in [-0.1, -0.05) is 41.4 Å². The summed E-state index contributed by atoms with van der Waals surface area (Å²) in [6.45, 7) is 1.65. The minimum atomic E-state index is -0.435. The molecule has 0 radical (unpaired) electrons. The Hall–Kier alpha value is -3.39. The average molecular weight is 398 g/mol. The lowest BCUT2D eigenvalue weighted by atomic mass is 10.1. The predicted octanol–water partition coefficient (Wildman–Crippen LogP) is 2.80. The summed E-state index contributed by atoms with van der Waals surface area (Å²) in [5.74, 6) is 0.398. The van der Waals surface area contributed by atoms with Crippen LogP contribution in [0.4, 0.5) is 11.6 Å². The summed E-state index contributed by atoms with van der Waals surface area (Å²) in [5.41, 5.74) is 2.44. The third-order valence-corrected chi connectivity index (χ3v) is 4.46. The first kappa shape index (κ1) is 18.0. The van der Waals surface area contributed by atoms with Crippen molar-refractivity contribution in [1.82, 2.24) is 15.2 Å². The van der Waals surface area contributed by atoms with Crippen LogP contribution in [0.1, 0.15) is 5.56 Å². The quantitative estimate of drug-likeness (QED) is 0.705. The van der Waals surface area contributed by atoms with Crippen LogP contribution >= 0.6 is 11.6 Å². The number of hydrogen-bond donors (Lipinski definition) is 2. The molecule has 0 bridgehead atoms. The Kier molecular flexibility index (Phi) is 4.70. The summed E-state index contributed by atoms with van der Waals surface area (Å²) in [5, 5.41) is 9.84. The number of ether oxygens (including phenoxy) is 1. The normalized spacial score (nSPS) is 13.1. The molecule has 3 aromatic rings. The molecule has 9 heteroatoms. The van der Waals surface area contributed by atoms with Gasteiger partial charge in [0.1, 0.15) is 12.3 Å². The van der Waals surface area contributed by atoms with E-state index in [4.69, 9.17) is 16.3 Å². The topological polar surface area (TPSA) is 100 Å². The second-order valence-corrected chi connectivity index (χ2v) is 6.74. The molecule has 0 unspecified atom stereocenters. The third-order valence-electron chi connectivity index (χ3n) is 4.23. The van der Waals surface area contributed by atoms with Crippen molar-refractivity contribution >= 4 is 35.1 Å². The smallest absolute Gasteiger partial charge is 0.265 e. The third kappa shape index (κ3) is 3.67. The maximum atomic E-state index is 12.4. The number of anilines is 2. The molecule has 0 fully saturated rings. The number of nitrogens with zero attached hydrogens (tertiary/aromatic N) is 3. The van der Waals surface area contributed by atoms with Crippen LogP contribution in [0, 0.1) is 6.92 Å². The van der Waals surface area contributed by atoms with E-state index in [9.17, 15) is 9.59 Å². The molecule has 2 aromatic carbocycles. The molecule has 2 amide bonds. The van der Waals surface area contributed by atoms with Crippen molar-refractivity contribution in [2.45, 2.75) is 6.92 Å². The average Bonchev–Trinajstić information content (AvgIpc) is 3.13. The van der Waals surface area contributed by atoms with Crippen molar-refractivity contribution in [3.05, 3.63) is 53.1 Å². The summed E-state index contributed by atoms with van der Waals surface area (Å²) in [7, 11) is 0. The first-order valence-corrected chi connectivity index (χ1v) is 8.89. The van der Waals surface area contributed by atoms with Crippen LogP contribution in [0.5, 0.6) is 5.75 Å². The van der Waals surface area contributed by atoms with Gasteiger partial charge in [0.25, 0.3) is 5.91 Å². The standard InChI is InChI=1S/C19H16ClN5O3/c1-11-2-4-12(5-3-11)18-22-19(24-23-18)21-16(26)9-25-14-8-13(20)6-7-15(14)28-10-17(25)27/h2-8H,9-10H2,1H3,(H2,21,22,23,24,26). The number of H-pyrrole nitrogens is 1. The molecule has 1 aromatic heterocycles. The van der Waals surface area contributed by atoms with Gasteiger partial charge < -0.3 is 4.74 Å². The van der Waals surface area contributed by atoms with Crippen LogP contribution in [0.3, 0.4) is 0 Å². The van der Waals surface area contributed by atoms with Gasteiger partial charge >= 0.3 is 0 Å². The van der Waals surface area contributed by atoms with E-state index in [0.717, 1.165) is 11.1 Å². The molecule has 2 N–H and O–H groups in total. The molecule has 142 valence electrons. The van der Waals surface area contributed by atoms with E-state index >= 15 is 0 Å². The van der Waals surface area contributed by atoms with Crippen LogP contribution in [-0.4, -0.2) is 40.1 Å². The number of nitrogens with one attached hydrogen (secondary N) is 2. The number of aromatic amines is 1. The Balaban J connectivity index is 1.47. The summed E-state index contributed by atoms with van der Waals surface area (Å²) < 4.78 is 5.37. The lowest BCUT2D eigenvalue weighted by molar-refractivity contribution is -0.123. The van der Waals surface area contributed by atoms with E-state index in [2.05, 4.69) is 20.5 Å². The van der Waals surface area contributed by atoms with Crippen LogP contribution in [-0.2, 0) is 9.59 Å². The van der Waals surface area contributed by atoms with Crippen molar-refractivity contribution in [3.63, 3.8) is 0 Å². The van der Waals surface area contributed by atoms with E-state index in [1.54, 1.807) is 18.2 Å². The van der Waals surface area contributed by atoms with E-state index in [-0.39, 0.29) is 25.0 Å². The van der Waals surface area contributed by atoms with Gasteiger partial charge in [0.2, 0.25) is 11.9 Å². The highest BCUT2D eigenvalue weighted by Gasteiger charge is 2.28. The Morgan fingerprint density at radius 2 is 2.07 bits per heavy atom. The zero-order valence-electron chi connectivity index (χ0n) is 14.9. The van der Waals surface area contributed by atoms with Gasteiger partial charge in [-0.15, -0.1) is 5.10 Å². The van der Waals surface area contributed by atoms with Crippen LogP contribution in [0.25, 0.3) is 11.4 Å². The zero-order chi connectivity index (χ0) is 19.7. The molecule has 0 atom stereocenters. The fourth-order valence-corrected chi connectivity index (χ4v) is 2.98. The summed E-state index contributed by atoms with van der Waals surface area (Å²) >= 11 is 6.01. The van der Waals surface area contributed by atoms with Crippen LogP contribution in [0.15, 0.2) is 42.5 Å². The summed E-state index contributed by atoms with van der Waals surface area (Å²) in [4.78, 5) is 30.3. The number of carbonyl (C=O) groups is 2. The predicted molar refractivity (Wildman–Crippen MR) is 104 cm³/mol. The number of amides is 2. The molecule has 1 aliphatic heterocycles. The van der Waals surface area contributed by atoms with Gasteiger partial charge in [-0.25, -0.2) is 0 Å². The van der Waals surface area contributed by atoms with E-state index in [1.165, 1.54) is 4.90 Å². The van der Waals surface area contributed by atoms with E-state index < -0.39 is 5.91 Å². The largest absolute Gasteiger partial charge is 0.482 e. The molecule has 0 saturated heterocycles. The zero-order valence-corrected chi connectivity index (χ0v) is 15.7. The maximum Gasteiger partial charge on any atom is 0.265 e. The van der Waals surface area contributed by atoms with Gasteiger partial charge in [-0.2, -0.15) is 4.98 Å². The first-order valence-electron chi connectivity index (χ1n) is 8.51. The van der Waals surface area contributed by atoms with Crippen molar-refractivity contribution in [2.24, 2.45) is 0 Å². The van der Waals surface area contributed by atoms with Crippen molar-refractivity contribution in [3.8, 4) is 17.1 Å². The molecule has 1 aliphatic rings. The highest BCUT2D eigenvalue weighted by molar-refractivity contribution is 6.31. The van der Waals surface area contributed by atoms with Gasteiger partial charge in [0.15, 0.2) is 12.4 Å². The minimum Gasteiger partial charge on any atom is -0.482 e. The van der Waals surface area contributed by atoms with E-state index in [0.29, 0.717) is 22.3 Å². The maximum absolute atomic E-state index is 12.4. The number of halogens is 1. The number of rotatable bonds is 4. The van der Waals surface area contributed by atoms with Crippen molar-refractivity contribution in [1.29, 1.82) is 0 Å². The van der Waals surface area contributed by atoms with Gasteiger partial charge in [0, 0.05) is 10.6 Å². The van der Waals surface area contributed by atoms with Crippen molar-refractivity contribution in [2.75, 3.05) is 23.4 Å². The Labute approximate surface area is 165 Å². The molecule has 28 heavy (non-hydrogen) atoms. The Morgan fingerprint density at radius 1 is 1.29 bits per heavy atom. The number of aromatic nitrogens is 3. The number of fused-ring (bicyclic) bond motifs is 1. The highest BCUT2D eigenvalue weighted by atomic mass is 35.5. The van der Waals surface area contributed by atoms with Crippen LogP contribution < -0.4 is 15.0 Å². The van der Waals surface area contributed by atoms with E-state index in [1.807, 2.05) is 31.2 Å². The molecule has 4 rings (SSSR count). The summed E-state index contributed by atoms with van der Waals surface area (Å²) in [6.07, 6.45) is 0. The number of aryl methyl sites for hydroxylation is 1. The molecular formula is C19H16ClN5O3. The molecule has 0 spiro atoms. The van der Waals surface area contributed by atoms with Gasteiger partial charge in [0.05, 0.1) is 5.69 Å². The minimum absolute atomic E-state index is 0.132. The number of carbonyl (C=O) groups excluding carboxylic acids is 2. The lowest BCUT2D eigenvalue weighted by Gasteiger charge is -2.28. The molecule has 0 aliphatic carbocycles. The summed E-state index contributed by atoms with van der Waals surface area (Å²) in [6, 6.07) is 12.7. The molecule has 0 saturated carbocycles. The van der Waals surface area contributed by atoms with Gasteiger partial charge in [-0.3, -0.25) is 24.9 Å². The number of hydrogen-bond acceptors (Lipinski definition) is 5. The van der Waals surface area contributed by atoms with Crippen molar-refractivity contribution < 1.29 is 14.3 Å². The molecule has 8 nitrogen and oxygen atoms in total. The SMILES string of the molecule is Cc1ccc(-c2nc(NC(=O)CN3C(=O)COc4ccc(Cl)cc43)n[nH]2)cc1. The second-order valence-electron chi connectivity index (χ2n) is 6.30. The Morgan fingerprint density at radius 3 is 2.86 bits per heavy atom. The monoisotopic (exact) mass is 397 g/mol. The lowest BCUT2D eigenvalue weighted by Crippen LogP contribution is -2.43. The highest BCUT2D eigenvalue weighted by Crippen LogP contribution is 2.34. The first-order chi connectivity index (χ1) is 13.5. The van der Waals surface area contributed by atoms with Crippen LogP contribution in [0.2, 0.25) is 5.02 Å². The Bertz CT molecular complexity index is 1050. The fourth-order valence-electron chi connectivity index (χ4n) is 2.81. The molecular weight excluding hydrogens is 382 g/mol. The fraction of sp³-hybridized carbons (Fsp3) is 0.158. The molecule has 2 heterocycles. The van der Waals surface area contributed by atoms with Gasteiger partial charge in [-0.05, 0) is 25.1 Å². The second kappa shape index (κ2) is 7.32. The number of benzene rings is 2.